The van der Waals surface area contributed by atoms with E-state index in [1.807, 2.05) is 25.1 Å². The Morgan fingerprint density at radius 1 is 1.47 bits per heavy atom. The van der Waals surface area contributed by atoms with Crippen LogP contribution in [0.2, 0.25) is 0 Å². The number of halogens is 1. The van der Waals surface area contributed by atoms with Crippen molar-refractivity contribution in [2.45, 2.75) is 25.9 Å². The second kappa shape index (κ2) is 6.02. The summed E-state index contributed by atoms with van der Waals surface area (Å²) >= 11 is 3.43. The van der Waals surface area contributed by atoms with Crippen LogP contribution in [-0.2, 0) is 4.79 Å². The first-order valence-electron chi connectivity index (χ1n) is 5.34. The first-order valence-corrected chi connectivity index (χ1v) is 6.13. The molecule has 0 aromatic heterocycles. The molecule has 0 saturated heterocycles. The van der Waals surface area contributed by atoms with Crippen molar-refractivity contribution in [2.75, 3.05) is 7.11 Å². The van der Waals surface area contributed by atoms with Gasteiger partial charge in [0, 0.05) is 6.04 Å². The fourth-order valence-corrected chi connectivity index (χ4v) is 2.06. The molecular formula is C12H17BrN2O2. The van der Waals surface area contributed by atoms with Crippen LogP contribution in [0.15, 0.2) is 22.7 Å². The Bertz CT molecular complexity index is 409. The van der Waals surface area contributed by atoms with Gasteiger partial charge < -0.3 is 10.5 Å². The first-order chi connectivity index (χ1) is 7.95. The third kappa shape index (κ3) is 3.71. The summed E-state index contributed by atoms with van der Waals surface area (Å²) in [5, 5.41) is 3.12. The SMILES string of the molecule is COc1ccc([C@H](C)N[C@H](C)C(N)=O)cc1Br. The van der Waals surface area contributed by atoms with Gasteiger partial charge in [0.1, 0.15) is 5.75 Å². The average Bonchev–Trinajstić information content (AvgIpc) is 2.28. The van der Waals surface area contributed by atoms with Gasteiger partial charge in [-0.3, -0.25) is 10.1 Å². The highest BCUT2D eigenvalue weighted by atomic mass is 79.9. The lowest BCUT2D eigenvalue weighted by molar-refractivity contribution is -0.119. The fourth-order valence-electron chi connectivity index (χ4n) is 1.51. The van der Waals surface area contributed by atoms with Crippen LogP contribution in [0.3, 0.4) is 0 Å². The number of benzene rings is 1. The molecule has 2 atom stereocenters. The largest absolute Gasteiger partial charge is 0.496 e. The third-order valence-electron chi connectivity index (χ3n) is 2.60. The highest BCUT2D eigenvalue weighted by molar-refractivity contribution is 9.10. The molecule has 3 N–H and O–H groups in total. The van der Waals surface area contributed by atoms with Gasteiger partial charge in [-0.25, -0.2) is 0 Å². The first kappa shape index (κ1) is 14.0. The topological polar surface area (TPSA) is 64.3 Å². The summed E-state index contributed by atoms with van der Waals surface area (Å²) < 4.78 is 6.04. The molecule has 4 nitrogen and oxygen atoms in total. The van der Waals surface area contributed by atoms with Gasteiger partial charge in [-0.05, 0) is 47.5 Å². The molecule has 1 aromatic carbocycles. The van der Waals surface area contributed by atoms with E-state index in [9.17, 15) is 4.79 Å². The minimum atomic E-state index is -0.357. The minimum absolute atomic E-state index is 0.0414. The molecule has 0 heterocycles. The number of hydrogen-bond acceptors (Lipinski definition) is 3. The molecule has 1 amide bonds. The van der Waals surface area contributed by atoms with Crippen LogP contribution >= 0.6 is 15.9 Å². The number of methoxy groups -OCH3 is 1. The van der Waals surface area contributed by atoms with Crippen LogP contribution in [-0.4, -0.2) is 19.1 Å². The number of nitrogens with one attached hydrogen (secondary N) is 1. The second-order valence-corrected chi connectivity index (χ2v) is 4.76. The van der Waals surface area contributed by atoms with E-state index in [1.54, 1.807) is 14.0 Å². The molecule has 0 aliphatic heterocycles. The summed E-state index contributed by atoms with van der Waals surface area (Å²) in [7, 11) is 1.62. The molecule has 0 radical (unpaired) electrons. The summed E-state index contributed by atoms with van der Waals surface area (Å²) in [5.74, 6) is 0.424. The van der Waals surface area contributed by atoms with Crippen molar-refractivity contribution >= 4 is 21.8 Å². The standard InChI is InChI=1S/C12H17BrN2O2/c1-7(15-8(2)12(14)16)9-4-5-11(17-3)10(13)6-9/h4-8,15H,1-3H3,(H2,14,16)/t7-,8+/m0/s1. The zero-order valence-electron chi connectivity index (χ0n) is 10.2. The molecule has 17 heavy (non-hydrogen) atoms. The lowest BCUT2D eigenvalue weighted by atomic mass is 10.1. The van der Waals surface area contributed by atoms with Crippen LogP contribution in [0, 0.1) is 0 Å². The number of nitrogens with two attached hydrogens (primary N) is 1. The molecule has 0 bridgehead atoms. The predicted molar refractivity (Wildman–Crippen MR) is 70.9 cm³/mol. The number of amides is 1. The molecule has 0 aliphatic rings. The van der Waals surface area contributed by atoms with Crippen molar-refractivity contribution in [1.29, 1.82) is 0 Å². The smallest absolute Gasteiger partial charge is 0.234 e. The Hall–Kier alpha value is -1.07. The highest BCUT2D eigenvalue weighted by Gasteiger charge is 2.14. The molecule has 0 unspecified atom stereocenters. The number of primary amides is 1. The van der Waals surface area contributed by atoms with Gasteiger partial charge in [-0.15, -0.1) is 0 Å². The summed E-state index contributed by atoms with van der Waals surface area (Å²) in [4.78, 5) is 11.0. The summed E-state index contributed by atoms with van der Waals surface area (Å²) in [6, 6.07) is 5.48. The second-order valence-electron chi connectivity index (χ2n) is 3.91. The molecule has 0 fully saturated rings. The van der Waals surface area contributed by atoms with Gasteiger partial charge in [-0.2, -0.15) is 0 Å². The zero-order chi connectivity index (χ0) is 13.0. The molecular weight excluding hydrogens is 284 g/mol. The van der Waals surface area contributed by atoms with E-state index in [4.69, 9.17) is 10.5 Å². The van der Waals surface area contributed by atoms with Crippen LogP contribution in [0.25, 0.3) is 0 Å². The van der Waals surface area contributed by atoms with E-state index < -0.39 is 0 Å². The molecule has 0 aliphatic carbocycles. The van der Waals surface area contributed by atoms with E-state index >= 15 is 0 Å². The van der Waals surface area contributed by atoms with Gasteiger partial charge in [0.05, 0.1) is 17.6 Å². The van der Waals surface area contributed by atoms with E-state index in [1.165, 1.54) is 0 Å². The molecule has 0 saturated carbocycles. The van der Waals surface area contributed by atoms with Crippen molar-refractivity contribution in [3.05, 3.63) is 28.2 Å². The molecule has 1 rings (SSSR count). The van der Waals surface area contributed by atoms with E-state index in [0.717, 1.165) is 15.8 Å². The van der Waals surface area contributed by atoms with Crippen molar-refractivity contribution < 1.29 is 9.53 Å². The number of ether oxygens (including phenoxy) is 1. The van der Waals surface area contributed by atoms with Crippen molar-refractivity contribution in [1.82, 2.24) is 5.32 Å². The fraction of sp³-hybridized carbons (Fsp3) is 0.417. The Morgan fingerprint density at radius 2 is 2.12 bits per heavy atom. The molecule has 5 heteroatoms. The normalized spacial score (nSPS) is 14.1. The van der Waals surface area contributed by atoms with Gasteiger partial charge in [0.25, 0.3) is 0 Å². The lowest BCUT2D eigenvalue weighted by Crippen LogP contribution is -2.39. The number of carbonyl (C=O) groups excluding carboxylic acids is 1. The molecule has 94 valence electrons. The van der Waals surface area contributed by atoms with E-state index in [0.29, 0.717) is 0 Å². The Kier molecular flexibility index (Phi) is 4.96. The van der Waals surface area contributed by atoms with Gasteiger partial charge in [0.15, 0.2) is 0 Å². The minimum Gasteiger partial charge on any atom is -0.496 e. The van der Waals surface area contributed by atoms with Crippen molar-refractivity contribution in [3.8, 4) is 5.75 Å². The van der Waals surface area contributed by atoms with Crippen LogP contribution in [0.5, 0.6) is 5.75 Å². The number of carbonyl (C=O) groups is 1. The quantitative estimate of drug-likeness (QED) is 0.874. The predicted octanol–water partition coefficient (Wildman–Crippen LogP) is 1.98. The van der Waals surface area contributed by atoms with Crippen molar-refractivity contribution in [3.63, 3.8) is 0 Å². The van der Waals surface area contributed by atoms with Crippen LogP contribution in [0.1, 0.15) is 25.5 Å². The Balaban J connectivity index is 2.79. The number of rotatable bonds is 5. The Labute approximate surface area is 110 Å². The van der Waals surface area contributed by atoms with Crippen LogP contribution in [0.4, 0.5) is 0 Å². The summed E-state index contributed by atoms with van der Waals surface area (Å²) in [5.41, 5.74) is 6.27. The zero-order valence-corrected chi connectivity index (χ0v) is 11.7. The lowest BCUT2D eigenvalue weighted by Gasteiger charge is -2.18. The third-order valence-corrected chi connectivity index (χ3v) is 3.22. The maximum Gasteiger partial charge on any atom is 0.234 e. The maximum absolute atomic E-state index is 11.0. The monoisotopic (exact) mass is 300 g/mol. The van der Waals surface area contributed by atoms with Gasteiger partial charge in [0.2, 0.25) is 5.91 Å². The van der Waals surface area contributed by atoms with Gasteiger partial charge in [-0.1, -0.05) is 6.07 Å². The highest BCUT2D eigenvalue weighted by Crippen LogP contribution is 2.28. The van der Waals surface area contributed by atoms with E-state index in [2.05, 4.69) is 21.2 Å². The van der Waals surface area contributed by atoms with Gasteiger partial charge >= 0.3 is 0 Å². The average molecular weight is 301 g/mol. The van der Waals surface area contributed by atoms with E-state index in [-0.39, 0.29) is 18.0 Å². The summed E-state index contributed by atoms with van der Waals surface area (Å²) in [6.45, 7) is 3.73. The molecule has 0 spiro atoms. The summed E-state index contributed by atoms with van der Waals surface area (Å²) in [6.07, 6.45) is 0. The Morgan fingerprint density at radius 3 is 2.59 bits per heavy atom. The van der Waals surface area contributed by atoms with Crippen LogP contribution < -0.4 is 15.8 Å². The molecule has 1 aromatic rings. The maximum atomic E-state index is 11.0. The van der Waals surface area contributed by atoms with Crippen molar-refractivity contribution in [2.24, 2.45) is 5.73 Å². The number of hydrogen-bond donors (Lipinski definition) is 2.